The number of carbonyl (C=O) groups excluding carboxylic acids is 1. The second kappa shape index (κ2) is 9.97. The van der Waals surface area contributed by atoms with Crippen LogP contribution in [0, 0.1) is 23.2 Å². The second-order valence-corrected chi connectivity index (χ2v) is 8.77. The molecule has 0 spiro atoms. The minimum Gasteiger partial charge on any atom is -0.431 e. The highest BCUT2D eigenvalue weighted by Crippen LogP contribution is 2.26. The van der Waals surface area contributed by atoms with Gasteiger partial charge in [-0.15, -0.1) is 0 Å². The van der Waals surface area contributed by atoms with E-state index in [9.17, 15) is 4.79 Å². The van der Waals surface area contributed by atoms with Gasteiger partial charge in [-0.2, -0.15) is 10.2 Å². The zero-order chi connectivity index (χ0) is 24.2. The molecule has 1 fully saturated rings. The zero-order valence-electron chi connectivity index (χ0n) is 19.1. The van der Waals surface area contributed by atoms with Crippen LogP contribution < -0.4 is 10.5 Å². The number of nitriles is 1. The molecule has 9 nitrogen and oxygen atoms in total. The predicted molar refractivity (Wildman–Crippen MR) is 133 cm³/mol. The summed E-state index contributed by atoms with van der Waals surface area (Å²) in [4.78, 5) is 22.9. The van der Waals surface area contributed by atoms with E-state index in [1.807, 2.05) is 30.0 Å². The third-order valence-electron chi connectivity index (χ3n) is 6.09. The molecular weight excluding hydrogens is 450 g/mol. The van der Waals surface area contributed by atoms with Gasteiger partial charge in [0, 0.05) is 30.9 Å². The number of benzene rings is 1. The Bertz CT molecular complexity index is 1290. The number of nitrogens with zero attached hydrogens (tertiary/aromatic N) is 6. The molecule has 1 amide bonds. The monoisotopic (exact) mass is 476 g/mol. The van der Waals surface area contributed by atoms with Crippen molar-refractivity contribution < 1.29 is 14.1 Å². The SMILES string of the molecule is C[C@@H]1CCN(C(=O)CC#N)CC1C=[N+](C)c1ncnc2c1ccn2C(=S)Oc1ccc(N)cc1. The summed E-state index contributed by atoms with van der Waals surface area (Å²) >= 11 is 5.50. The summed E-state index contributed by atoms with van der Waals surface area (Å²) in [5, 5.41) is 9.93. The Morgan fingerprint density at radius 3 is 2.85 bits per heavy atom. The van der Waals surface area contributed by atoms with Crippen LogP contribution in [0.1, 0.15) is 19.8 Å². The first-order valence-electron chi connectivity index (χ1n) is 11.0. The van der Waals surface area contributed by atoms with Crippen LogP contribution in [-0.4, -0.2) is 61.4 Å². The van der Waals surface area contributed by atoms with Crippen LogP contribution in [0.15, 0.2) is 42.9 Å². The molecule has 10 heteroatoms. The number of fused-ring (bicyclic) bond motifs is 1. The molecule has 3 aromatic rings. The summed E-state index contributed by atoms with van der Waals surface area (Å²) in [7, 11) is 1.94. The molecule has 0 saturated carbocycles. The van der Waals surface area contributed by atoms with Crippen LogP contribution in [0.5, 0.6) is 5.75 Å². The summed E-state index contributed by atoms with van der Waals surface area (Å²) in [5.74, 6) is 1.74. The van der Waals surface area contributed by atoms with Crippen molar-refractivity contribution in [1.82, 2.24) is 19.4 Å². The molecule has 2 aromatic heterocycles. The van der Waals surface area contributed by atoms with Gasteiger partial charge in [0.05, 0.1) is 19.3 Å². The summed E-state index contributed by atoms with van der Waals surface area (Å²) in [5.41, 5.74) is 7.01. The number of rotatable bonds is 4. The number of piperidine rings is 1. The molecular formula is C24H26N7O2S+. The van der Waals surface area contributed by atoms with Crippen molar-refractivity contribution >= 4 is 52.1 Å². The zero-order valence-corrected chi connectivity index (χ0v) is 19.9. The molecule has 0 aliphatic carbocycles. The Kier molecular flexibility index (Phi) is 6.84. The Morgan fingerprint density at radius 1 is 1.35 bits per heavy atom. The second-order valence-electron chi connectivity index (χ2n) is 8.42. The van der Waals surface area contributed by atoms with Gasteiger partial charge in [-0.25, -0.2) is 4.58 Å². The van der Waals surface area contributed by atoms with E-state index in [1.54, 1.807) is 33.7 Å². The lowest BCUT2D eigenvalue weighted by atomic mass is 9.87. The van der Waals surface area contributed by atoms with Crippen LogP contribution in [0.25, 0.3) is 11.0 Å². The molecule has 1 aliphatic heterocycles. The maximum Gasteiger partial charge on any atom is 0.335 e. The first kappa shape index (κ1) is 23.3. The number of hydrogen-bond donors (Lipinski definition) is 1. The van der Waals surface area contributed by atoms with Crippen LogP contribution in [0.2, 0.25) is 0 Å². The summed E-state index contributed by atoms with van der Waals surface area (Å²) in [6, 6.07) is 10.9. The molecule has 2 atom stereocenters. The Balaban J connectivity index is 1.58. The van der Waals surface area contributed by atoms with E-state index in [0.717, 1.165) is 17.6 Å². The first-order valence-corrected chi connectivity index (χ1v) is 11.4. The van der Waals surface area contributed by atoms with Crippen molar-refractivity contribution in [2.24, 2.45) is 11.8 Å². The van der Waals surface area contributed by atoms with Gasteiger partial charge in [-0.3, -0.25) is 9.36 Å². The lowest BCUT2D eigenvalue weighted by molar-refractivity contribution is -0.405. The number of ether oxygens (including phenoxy) is 1. The standard InChI is InChI=1S/C24H26N7O2S/c1-16-8-11-30(21(32)7-10-25)14-17(16)13-29(2)22-20-9-12-31(23(20)28-15-27-22)24(34)33-19-5-3-18(26)4-6-19/h3-6,9,12-13,15-17H,7-8,11,14,26H2,1-2H3/q+1/t16-,17?/m1/s1. The van der Waals surface area contributed by atoms with Crippen molar-refractivity contribution in [1.29, 1.82) is 5.26 Å². The number of amides is 1. The maximum absolute atomic E-state index is 12.2. The van der Waals surface area contributed by atoms with Crippen LogP contribution in [-0.2, 0) is 4.79 Å². The maximum atomic E-state index is 12.2. The lowest BCUT2D eigenvalue weighted by Gasteiger charge is -2.34. The van der Waals surface area contributed by atoms with E-state index in [4.69, 9.17) is 28.0 Å². The summed E-state index contributed by atoms with van der Waals surface area (Å²) in [6.45, 7) is 3.45. The highest BCUT2D eigenvalue weighted by molar-refractivity contribution is 7.80. The Morgan fingerprint density at radius 2 is 2.12 bits per heavy atom. The normalized spacial score (nSPS) is 18.5. The molecule has 2 N–H and O–H groups in total. The van der Waals surface area contributed by atoms with Crippen molar-refractivity contribution in [2.75, 3.05) is 25.9 Å². The average Bonchev–Trinajstić information content (AvgIpc) is 3.26. The molecule has 4 rings (SSSR count). The Hall–Kier alpha value is -3.84. The molecule has 1 aromatic carbocycles. The van der Waals surface area contributed by atoms with Crippen LogP contribution in [0.4, 0.5) is 11.5 Å². The fraction of sp³-hybridized carbons (Fsp3) is 0.333. The number of aromatic nitrogens is 3. The van der Waals surface area contributed by atoms with Gasteiger partial charge in [-0.05, 0) is 59.9 Å². The van der Waals surface area contributed by atoms with Crippen molar-refractivity contribution in [3.63, 3.8) is 0 Å². The highest BCUT2D eigenvalue weighted by Gasteiger charge is 2.29. The van der Waals surface area contributed by atoms with Gasteiger partial charge in [-0.1, -0.05) is 6.92 Å². The number of anilines is 1. The molecule has 0 radical (unpaired) electrons. The minimum absolute atomic E-state index is 0.0880. The summed E-state index contributed by atoms with van der Waals surface area (Å²) < 4.78 is 9.48. The number of carbonyl (C=O) groups is 1. The summed E-state index contributed by atoms with van der Waals surface area (Å²) in [6.07, 6.45) is 6.20. The van der Waals surface area contributed by atoms with Crippen molar-refractivity contribution in [2.45, 2.75) is 19.8 Å². The topological polar surface area (TPSA) is 113 Å². The van der Waals surface area contributed by atoms with Gasteiger partial charge in [0.15, 0.2) is 5.65 Å². The predicted octanol–water partition coefficient (Wildman–Crippen LogP) is 2.97. The van der Waals surface area contributed by atoms with E-state index in [0.29, 0.717) is 36.1 Å². The van der Waals surface area contributed by atoms with E-state index < -0.39 is 0 Å². The van der Waals surface area contributed by atoms with E-state index in [2.05, 4.69) is 23.1 Å². The molecule has 0 bridgehead atoms. The third-order valence-corrected chi connectivity index (χ3v) is 6.37. The molecule has 34 heavy (non-hydrogen) atoms. The fourth-order valence-electron chi connectivity index (χ4n) is 4.11. The van der Waals surface area contributed by atoms with Gasteiger partial charge >= 0.3 is 5.82 Å². The Labute approximate surface area is 203 Å². The number of thiocarbonyl (C=S) groups is 1. The smallest absolute Gasteiger partial charge is 0.335 e. The molecule has 174 valence electrons. The van der Waals surface area contributed by atoms with Crippen molar-refractivity contribution in [3.05, 3.63) is 42.9 Å². The van der Waals surface area contributed by atoms with Crippen molar-refractivity contribution in [3.8, 4) is 11.8 Å². The van der Waals surface area contributed by atoms with E-state index >= 15 is 0 Å². The minimum atomic E-state index is -0.119. The number of nitrogens with two attached hydrogens (primary N) is 1. The molecule has 1 unspecified atom stereocenters. The van der Waals surface area contributed by atoms with Gasteiger partial charge in [0.25, 0.3) is 5.17 Å². The first-order chi connectivity index (χ1) is 16.4. The van der Waals surface area contributed by atoms with Crippen LogP contribution in [0.3, 0.4) is 0 Å². The highest BCUT2D eigenvalue weighted by atomic mass is 32.1. The fourth-order valence-corrected chi connectivity index (χ4v) is 4.35. The van der Waals surface area contributed by atoms with Gasteiger partial charge in [0.2, 0.25) is 12.2 Å². The average molecular weight is 477 g/mol. The third kappa shape index (κ3) is 4.89. The van der Waals surface area contributed by atoms with E-state index in [1.165, 1.54) is 6.33 Å². The quantitative estimate of drug-likeness (QED) is 0.267. The van der Waals surface area contributed by atoms with E-state index in [-0.39, 0.29) is 23.4 Å². The number of hydrogen-bond acceptors (Lipinski definition) is 7. The molecule has 1 saturated heterocycles. The molecule has 1 aliphatic rings. The number of nitrogen functional groups attached to an aromatic ring is 1. The van der Waals surface area contributed by atoms with Gasteiger partial charge in [0.1, 0.15) is 17.6 Å². The number of likely N-dealkylation sites (tertiary alicyclic amines) is 1. The van der Waals surface area contributed by atoms with Crippen LogP contribution >= 0.6 is 12.2 Å². The largest absolute Gasteiger partial charge is 0.431 e. The molecule has 3 heterocycles. The lowest BCUT2D eigenvalue weighted by Crippen LogP contribution is -2.44. The van der Waals surface area contributed by atoms with Gasteiger partial charge < -0.3 is 15.4 Å².